The summed E-state index contributed by atoms with van der Waals surface area (Å²) in [5.41, 5.74) is 0.215. The number of carbonyl (C=O) groups is 1. The molecule has 5 heteroatoms. The van der Waals surface area contributed by atoms with Gasteiger partial charge in [0.05, 0.1) is 18.6 Å². The molecule has 1 heterocycles. The number of ether oxygens (including phenoxy) is 1. The number of alkyl halides is 1. The molecule has 156 valence electrons. The Kier molecular flexibility index (Phi) is 9.61. The summed E-state index contributed by atoms with van der Waals surface area (Å²) in [5, 5.41) is 10.8. The van der Waals surface area contributed by atoms with Crippen molar-refractivity contribution in [2.24, 2.45) is 5.41 Å². The standard InChI is InChI=1S/C22H38ClNO3/c1-3-22(14-9-15-22)20(25)11-8-16-24-17-13-18(23)19(24)10-6-4-5-7-12-21(26)27-2/h4,6,18-20,25H,3,5,7-17H2,1-2H3/b6-4-/t18-,19+,20?/m1/s1. The van der Waals surface area contributed by atoms with Gasteiger partial charge in [0.1, 0.15) is 0 Å². The van der Waals surface area contributed by atoms with E-state index in [0.717, 1.165) is 58.0 Å². The highest BCUT2D eigenvalue weighted by Crippen LogP contribution is 2.47. The summed E-state index contributed by atoms with van der Waals surface area (Å²) in [7, 11) is 1.43. The predicted molar refractivity (Wildman–Crippen MR) is 111 cm³/mol. The van der Waals surface area contributed by atoms with Crippen molar-refractivity contribution in [2.45, 2.75) is 95.1 Å². The maximum Gasteiger partial charge on any atom is 0.305 e. The molecule has 1 saturated carbocycles. The first-order valence-corrected chi connectivity index (χ1v) is 11.2. The zero-order chi connectivity index (χ0) is 19.7. The summed E-state index contributed by atoms with van der Waals surface area (Å²) in [4.78, 5) is 13.6. The van der Waals surface area contributed by atoms with Crippen LogP contribution in [-0.4, -0.2) is 53.7 Å². The zero-order valence-corrected chi connectivity index (χ0v) is 17.9. The van der Waals surface area contributed by atoms with Gasteiger partial charge in [-0.3, -0.25) is 9.69 Å². The van der Waals surface area contributed by atoms with Crippen LogP contribution in [0.1, 0.15) is 77.6 Å². The van der Waals surface area contributed by atoms with E-state index in [9.17, 15) is 9.90 Å². The molecular formula is C22H38ClNO3. The molecule has 1 aliphatic heterocycles. The van der Waals surface area contributed by atoms with Crippen LogP contribution in [0.4, 0.5) is 0 Å². The molecule has 3 atom stereocenters. The number of methoxy groups -OCH3 is 1. The second-order valence-corrected chi connectivity index (χ2v) is 8.87. The van der Waals surface area contributed by atoms with Crippen molar-refractivity contribution in [2.75, 3.05) is 20.2 Å². The minimum atomic E-state index is -0.140. The van der Waals surface area contributed by atoms with Gasteiger partial charge in [-0.25, -0.2) is 0 Å². The third-order valence-electron chi connectivity index (χ3n) is 6.79. The van der Waals surface area contributed by atoms with Crippen LogP contribution in [0, 0.1) is 5.41 Å². The molecule has 0 bridgehead atoms. The Morgan fingerprint density at radius 1 is 1.37 bits per heavy atom. The number of allylic oxidation sites excluding steroid dienone is 1. The van der Waals surface area contributed by atoms with E-state index in [4.69, 9.17) is 11.6 Å². The molecule has 2 aliphatic rings. The fraction of sp³-hybridized carbons (Fsp3) is 0.864. The number of hydrogen-bond acceptors (Lipinski definition) is 4. The lowest BCUT2D eigenvalue weighted by molar-refractivity contribution is -0.140. The first-order chi connectivity index (χ1) is 13.0. The lowest BCUT2D eigenvalue weighted by atomic mass is 9.62. The number of esters is 1. The van der Waals surface area contributed by atoms with Crippen LogP contribution in [0.3, 0.4) is 0 Å². The average molecular weight is 400 g/mol. The number of hydrogen-bond donors (Lipinski definition) is 1. The van der Waals surface area contributed by atoms with Gasteiger partial charge in [0.15, 0.2) is 0 Å². The van der Waals surface area contributed by atoms with E-state index in [0.29, 0.717) is 12.5 Å². The van der Waals surface area contributed by atoms with Crippen LogP contribution < -0.4 is 0 Å². The lowest BCUT2D eigenvalue weighted by Gasteiger charge is -2.45. The molecule has 0 aromatic carbocycles. The number of aliphatic hydroxyl groups is 1. The van der Waals surface area contributed by atoms with Crippen molar-refractivity contribution in [1.82, 2.24) is 4.90 Å². The molecule has 2 fully saturated rings. The molecular weight excluding hydrogens is 362 g/mol. The quantitative estimate of drug-likeness (QED) is 0.224. The van der Waals surface area contributed by atoms with Crippen LogP contribution in [0.2, 0.25) is 0 Å². The van der Waals surface area contributed by atoms with Crippen molar-refractivity contribution in [1.29, 1.82) is 0 Å². The van der Waals surface area contributed by atoms with Gasteiger partial charge in [-0.1, -0.05) is 25.5 Å². The fourth-order valence-corrected chi connectivity index (χ4v) is 4.98. The van der Waals surface area contributed by atoms with Crippen molar-refractivity contribution in [3.05, 3.63) is 12.2 Å². The van der Waals surface area contributed by atoms with Gasteiger partial charge in [0.2, 0.25) is 0 Å². The Balaban J connectivity index is 1.67. The maximum absolute atomic E-state index is 11.1. The van der Waals surface area contributed by atoms with E-state index in [1.54, 1.807) is 0 Å². The number of rotatable bonds is 12. The van der Waals surface area contributed by atoms with Crippen LogP contribution in [0.5, 0.6) is 0 Å². The minimum absolute atomic E-state index is 0.139. The van der Waals surface area contributed by atoms with E-state index in [2.05, 4.69) is 28.7 Å². The van der Waals surface area contributed by atoms with Gasteiger partial charge in [-0.15, -0.1) is 11.6 Å². The molecule has 0 radical (unpaired) electrons. The second-order valence-electron chi connectivity index (χ2n) is 8.31. The Labute approximate surface area is 170 Å². The summed E-state index contributed by atoms with van der Waals surface area (Å²) in [6.07, 6.45) is 15.2. The number of unbranched alkanes of at least 4 members (excludes halogenated alkanes) is 1. The molecule has 1 unspecified atom stereocenters. The third kappa shape index (κ3) is 6.47. The molecule has 0 aromatic rings. The molecule has 27 heavy (non-hydrogen) atoms. The molecule has 0 aromatic heterocycles. The highest BCUT2D eigenvalue weighted by atomic mass is 35.5. The van der Waals surface area contributed by atoms with E-state index < -0.39 is 0 Å². The highest BCUT2D eigenvalue weighted by molar-refractivity contribution is 6.21. The monoisotopic (exact) mass is 399 g/mol. The summed E-state index contributed by atoms with van der Waals surface area (Å²) in [6, 6.07) is 0.393. The van der Waals surface area contributed by atoms with Crippen LogP contribution >= 0.6 is 11.6 Å². The Morgan fingerprint density at radius 2 is 2.15 bits per heavy atom. The van der Waals surface area contributed by atoms with Gasteiger partial charge < -0.3 is 9.84 Å². The topological polar surface area (TPSA) is 49.8 Å². The van der Waals surface area contributed by atoms with Crippen LogP contribution in [0.15, 0.2) is 12.2 Å². The minimum Gasteiger partial charge on any atom is -0.469 e. The van der Waals surface area contributed by atoms with Crippen molar-refractivity contribution < 1.29 is 14.6 Å². The first kappa shape index (κ1) is 22.7. The average Bonchev–Trinajstić information content (AvgIpc) is 2.97. The lowest BCUT2D eigenvalue weighted by Crippen LogP contribution is -2.41. The highest BCUT2D eigenvalue weighted by Gasteiger charge is 2.41. The second kappa shape index (κ2) is 11.4. The first-order valence-electron chi connectivity index (χ1n) is 10.8. The molecule has 1 aliphatic carbocycles. The summed E-state index contributed by atoms with van der Waals surface area (Å²) >= 11 is 6.56. The van der Waals surface area contributed by atoms with Gasteiger partial charge in [0, 0.05) is 12.5 Å². The smallest absolute Gasteiger partial charge is 0.305 e. The number of halogens is 1. The Morgan fingerprint density at radius 3 is 2.78 bits per heavy atom. The van der Waals surface area contributed by atoms with Gasteiger partial charge in [-0.05, 0) is 76.3 Å². The van der Waals surface area contributed by atoms with Gasteiger partial charge >= 0.3 is 5.97 Å². The number of nitrogens with zero attached hydrogens (tertiary/aromatic N) is 1. The van der Waals surface area contributed by atoms with Crippen LogP contribution in [-0.2, 0) is 9.53 Å². The molecule has 1 saturated heterocycles. The van der Waals surface area contributed by atoms with E-state index >= 15 is 0 Å². The van der Waals surface area contributed by atoms with Gasteiger partial charge in [0.25, 0.3) is 0 Å². The van der Waals surface area contributed by atoms with E-state index in [1.807, 2.05) is 0 Å². The Bertz CT molecular complexity index is 473. The Hall–Kier alpha value is -0.580. The molecule has 2 rings (SSSR count). The van der Waals surface area contributed by atoms with Crippen molar-refractivity contribution >= 4 is 17.6 Å². The van der Waals surface area contributed by atoms with Crippen LogP contribution in [0.25, 0.3) is 0 Å². The largest absolute Gasteiger partial charge is 0.469 e. The normalized spacial score (nSPS) is 26.2. The number of aliphatic hydroxyl groups excluding tert-OH is 1. The zero-order valence-electron chi connectivity index (χ0n) is 17.2. The molecule has 4 nitrogen and oxygen atoms in total. The fourth-order valence-electron chi connectivity index (χ4n) is 4.62. The van der Waals surface area contributed by atoms with E-state index in [1.165, 1.54) is 26.4 Å². The maximum atomic E-state index is 11.1. The summed E-state index contributed by atoms with van der Waals surface area (Å²) in [6.45, 7) is 4.31. The molecule has 0 amide bonds. The van der Waals surface area contributed by atoms with Crippen molar-refractivity contribution in [3.63, 3.8) is 0 Å². The van der Waals surface area contributed by atoms with Gasteiger partial charge in [-0.2, -0.15) is 0 Å². The van der Waals surface area contributed by atoms with Crippen molar-refractivity contribution in [3.8, 4) is 0 Å². The predicted octanol–water partition coefficient (Wildman–Crippen LogP) is 4.68. The number of carbonyl (C=O) groups excluding carboxylic acids is 1. The molecule has 1 N–H and O–H groups in total. The molecule has 0 spiro atoms. The number of likely N-dealkylation sites (tertiary alicyclic amines) is 1. The SMILES string of the molecule is CCC1(C(O)CCCN2CC[C@@H](Cl)[C@@H]2C/C=C\CCCC(=O)OC)CCC1. The van der Waals surface area contributed by atoms with E-state index in [-0.39, 0.29) is 22.9 Å². The summed E-state index contributed by atoms with van der Waals surface area (Å²) < 4.78 is 4.65. The summed E-state index contributed by atoms with van der Waals surface area (Å²) in [5.74, 6) is -0.139. The third-order valence-corrected chi connectivity index (χ3v) is 7.29.